The average Bonchev–Trinajstić information content (AvgIpc) is 3.12. The minimum atomic E-state index is -0.501. The number of halogens is 1. The van der Waals surface area contributed by atoms with Crippen molar-refractivity contribution in [1.29, 1.82) is 0 Å². The van der Waals surface area contributed by atoms with E-state index in [9.17, 15) is 9.18 Å². The van der Waals surface area contributed by atoms with Gasteiger partial charge in [-0.15, -0.1) is 0 Å². The van der Waals surface area contributed by atoms with Gasteiger partial charge in [-0.25, -0.2) is 9.18 Å². The van der Waals surface area contributed by atoms with Crippen LogP contribution in [-0.2, 0) is 11.3 Å². The molecule has 0 amide bonds. The maximum atomic E-state index is 14.5. The molecule has 29 heavy (non-hydrogen) atoms. The number of carbonyl (C=O) groups excluding carboxylic acids is 1. The van der Waals surface area contributed by atoms with Crippen LogP contribution in [0, 0.1) is 5.82 Å². The van der Waals surface area contributed by atoms with Crippen LogP contribution in [0.25, 0.3) is 16.6 Å². The maximum Gasteiger partial charge on any atom is 0.355 e. The van der Waals surface area contributed by atoms with E-state index in [0.717, 1.165) is 10.9 Å². The van der Waals surface area contributed by atoms with Crippen LogP contribution in [-0.4, -0.2) is 17.1 Å². The summed E-state index contributed by atoms with van der Waals surface area (Å²) in [7, 11) is 0. The Kier molecular flexibility index (Phi) is 5.29. The van der Waals surface area contributed by atoms with Crippen molar-refractivity contribution in [2.24, 2.45) is 0 Å². The van der Waals surface area contributed by atoms with Gasteiger partial charge in [0, 0.05) is 5.39 Å². The summed E-state index contributed by atoms with van der Waals surface area (Å²) in [6.07, 6.45) is 0. The van der Waals surface area contributed by atoms with Gasteiger partial charge in [0.1, 0.15) is 23.9 Å². The lowest BCUT2D eigenvalue weighted by atomic mass is 10.2. The third-order valence-corrected chi connectivity index (χ3v) is 4.60. The number of carbonyl (C=O) groups is 1. The van der Waals surface area contributed by atoms with Crippen molar-refractivity contribution in [3.05, 3.63) is 95.9 Å². The molecule has 0 atom stereocenters. The highest BCUT2D eigenvalue weighted by Crippen LogP contribution is 2.29. The first-order chi connectivity index (χ1) is 14.2. The topological polar surface area (TPSA) is 40.5 Å². The summed E-state index contributed by atoms with van der Waals surface area (Å²) in [4.78, 5) is 12.5. The molecule has 4 nitrogen and oxygen atoms in total. The minimum absolute atomic E-state index is 0.239. The van der Waals surface area contributed by atoms with E-state index < -0.39 is 11.8 Å². The van der Waals surface area contributed by atoms with Gasteiger partial charge < -0.3 is 14.0 Å². The number of hydrogen-bond acceptors (Lipinski definition) is 3. The van der Waals surface area contributed by atoms with E-state index in [1.807, 2.05) is 48.5 Å². The summed E-state index contributed by atoms with van der Waals surface area (Å²) >= 11 is 0. The van der Waals surface area contributed by atoms with E-state index in [2.05, 4.69) is 0 Å². The highest BCUT2D eigenvalue weighted by Gasteiger charge is 2.20. The Bertz CT molecular complexity index is 1150. The van der Waals surface area contributed by atoms with Crippen LogP contribution in [0.5, 0.6) is 5.75 Å². The molecule has 3 aromatic carbocycles. The third-order valence-electron chi connectivity index (χ3n) is 4.60. The molecule has 1 aromatic heterocycles. The summed E-state index contributed by atoms with van der Waals surface area (Å²) in [5, 5.41) is 0.766. The number of aromatic nitrogens is 1. The van der Waals surface area contributed by atoms with Gasteiger partial charge >= 0.3 is 5.97 Å². The lowest BCUT2D eigenvalue weighted by Crippen LogP contribution is -2.11. The second kappa shape index (κ2) is 8.19. The van der Waals surface area contributed by atoms with Crippen LogP contribution in [0.3, 0.4) is 0 Å². The van der Waals surface area contributed by atoms with Gasteiger partial charge in [-0.2, -0.15) is 0 Å². The highest BCUT2D eigenvalue weighted by atomic mass is 19.1. The molecule has 0 fully saturated rings. The van der Waals surface area contributed by atoms with Gasteiger partial charge in [-0.3, -0.25) is 0 Å². The summed E-state index contributed by atoms with van der Waals surface area (Å²) in [6, 6.07) is 23.4. The molecule has 0 saturated heterocycles. The Labute approximate surface area is 168 Å². The smallest absolute Gasteiger partial charge is 0.355 e. The minimum Gasteiger partial charge on any atom is -0.489 e. The zero-order chi connectivity index (χ0) is 20.2. The van der Waals surface area contributed by atoms with Crippen LogP contribution in [0.1, 0.15) is 23.0 Å². The number of hydrogen-bond donors (Lipinski definition) is 0. The number of nitrogens with zero attached hydrogens (tertiary/aromatic N) is 1. The molecule has 0 N–H and O–H groups in total. The Morgan fingerprint density at radius 2 is 1.72 bits per heavy atom. The third kappa shape index (κ3) is 3.85. The van der Waals surface area contributed by atoms with Crippen molar-refractivity contribution < 1.29 is 18.7 Å². The lowest BCUT2D eigenvalue weighted by Gasteiger charge is -2.11. The molecule has 0 bridgehead atoms. The van der Waals surface area contributed by atoms with Gasteiger partial charge in [0.2, 0.25) is 0 Å². The fraction of sp³-hybridized carbons (Fsp3) is 0.125. The first-order valence-corrected chi connectivity index (χ1v) is 9.41. The van der Waals surface area contributed by atoms with Gasteiger partial charge in [0.25, 0.3) is 0 Å². The van der Waals surface area contributed by atoms with Gasteiger partial charge in [-0.05, 0) is 48.9 Å². The fourth-order valence-corrected chi connectivity index (χ4v) is 3.27. The van der Waals surface area contributed by atoms with Gasteiger partial charge in [0.15, 0.2) is 0 Å². The van der Waals surface area contributed by atoms with Crippen molar-refractivity contribution >= 4 is 16.9 Å². The first-order valence-electron chi connectivity index (χ1n) is 9.41. The Hall–Kier alpha value is -3.60. The van der Waals surface area contributed by atoms with Crippen LogP contribution in [0.2, 0.25) is 0 Å². The Balaban J connectivity index is 1.75. The maximum absolute atomic E-state index is 14.5. The molecule has 0 aliphatic rings. The van der Waals surface area contributed by atoms with E-state index in [1.54, 1.807) is 35.8 Å². The Morgan fingerprint density at radius 1 is 0.966 bits per heavy atom. The number of esters is 1. The van der Waals surface area contributed by atoms with Crippen molar-refractivity contribution in [2.75, 3.05) is 6.61 Å². The van der Waals surface area contributed by atoms with Crippen LogP contribution in [0.4, 0.5) is 4.39 Å². The summed E-state index contributed by atoms with van der Waals surface area (Å²) in [5.74, 6) is -0.249. The van der Waals surface area contributed by atoms with E-state index >= 15 is 0 Å². The first kappa shape index (κ1) is 18.7. The molecule has 146 valence electrons. The van der Waals surface area contributed by atoms with Crippen LogP contribution in [0.15, 0.2) is 78.9 Å². The normalized spacial score (nSPS) is 10.8. The zero-order valence-corrected chi connectivity index (χ0v) is 16.0. The van der Waals surface area contributed by atoms with Crippen LogP contribution >= 0.6 is 0 Å². The number of ether oxygens (including phenoxy) is 2. The summed E-state index contributed by atoms with van der Waals surface area (Å²) in [6.45, 7) is 2.41. The molecule has 0 radical (unpaired) electrons. The molecule has 0 unspecified atom stereocenters. The van der Waals surface area contributed by atoms with Crippen molar-refractivity contribution in [3.63, 3.8) is 0 Å². The molecular formula is C24H20FNO3. The molecular weight excluding hydrogens is 369 g/mol. The monoisotopic (exact) mass is 389 g/mol. The number of benzene rings is 3. The standard InChI is InChI=1S/C24H20FNO3/c1-2-28-24(27)23-15-18-14-19(29-16-17-8-4-3-5-9-17)12-13-21(18)26(23)22-11-7-6-10-20(22)25/h3-15H,2,16H2,1H3. The van der Waals surface area contributed by atoms with Crippen molar-refractivity contribution in [1.82, 2.24) is 4.57 Å². The van der Waals surface area contributed by atoms with E-state index in [0.29, 0.717) is 23.6 Å². The largest absolute Gasteiger partial charge is 0.489 e. The highest BCUT2D eigenvalue weighted by molar-refractivity contribution is 5.97. The van der Waals surface area contributed by atoms with E-state index in [1.165, 1.54) is 6.07 Å². The predicted molar refractivity (Wildman–Crippen MR) is 110 cm³/mol. The summed E-state index contributed by atoms with van der Waals surface area (Å²) < 4.78 is 27.2. The fourth-order valence-electron chi connectivity index (χ4n) is 3.27. The van der Waals surface area contributed by atoms with E-state index in [4.69, 9.17) is 9.47 Å². The molecule has 0 aliphatic heterocycles. The molecule has 5 heteroatoms. The zero-order valence-electron chi connectivity index (χ0n) is 16.0. The number of rotatable bonds is 6. The lowest BCUT2D eigenvalue weighted by molar-refractivity contribution is 0.0517. The molecule has 4 rings (SSSR count). The molecule has 0 spiro atoms. The molecule has 0 saturated carbocycles. The van der Waals surface area contributed by atoms with Crippen LogP contribution < -0.4 is 4.74 Å². The van der Waals surface area contributed by atoms with Gasteiger partial charge in [0.05, 0.1) is 17.8 Å². The van der Waals surface area contributed by atoms with E-state index in [-0.39, 0.29) is 12.3 Å². The second-order valence-corrected chi connectivity index (χ2v) is 6.53. The average molecular weight is 389 g/mol. The Morgan fingerprint density at radius 3 is 2.48 bits per heavy atom. The molecule has 4 aromatic rings. The molecule has 0 aliphatic carbocycles. The SMILES string of the molecule is CCOC(=O)c1cc2cc(OCc3ccccc3)ccc2n1-c1ccccc1F. The molecule has 1 heterocycles. The van der Waals surface area contributed by atoms with Crippen molar-refractivity contribution in [2.45, 2.75) is 13.5 Å². The van der Waals surface area contributed by atoms with Gasteiger partial charge in [-0.1, -0.05) is 42.5 Å². The predicted octanol–water partition coefficient (Wildman–Crippen LogP) is 5.53. The second-order valence-electron chi connectivity index (χ2n) is 6.53. The quantitative estimate of drug-likeness (QED) is 0.407. The summed E-state index contributed by atoms with van der Waals surface area (Å²) in [5.41, 5.74) is 2.32. The number of fused-ring (bicyclic) bond motifs is 1. The number of para-hydroxylation sites is 1. The van der Waals surface area contributed by atoms with Crippen molar-refractivity contribution in [3.8, 4) is 11.4 Å².